The molecule has 1 aromatic rings. The first-order valence-corrected chi connectivity index (χ1v) is 6.76. The predicted octanol–water partition coefficient (Wildman–Crippen LogP) is 2.21. The number of nitrogens with one attached hydrogen (secondary N) is 1. The van der Waals surface area contributed by atoms with Gasteiger partial charge in [0.25, 0.3) is 5.69 Å². The first kappa shape index (κ1) is 14.9. The molecule has 6 nitrogen and oxygen atoms in total. The number of hydrogen-bond donors (Lipinski definition) is 1. The van der Waals surface area contributed by atoms with E-state index in [1.165, 1.54) is 6.07 Å². The lowest BCUT2D eigenvalue weighted by Gasteiger charge is -2.16. The molecule has 0 amide bonds. The van der Waals surface area contributed by atoms with E-state index in [4.69, 9.17) is 9.47 Å². The SMILES string of the molecule is CC(C)CNC[C@@H]1OCc2ccc([N+](=O)[O-])cc2CO1. The van der Waals surface area contributed by atoms with Crippen molar-refractivity contribution in [1.82, 2.24) is 5.32 Å². The van der Waals surface area contributed by atoms with E-state index in [0.717, 1.165) is 17.7 Å². The van der Waals surface area contributed by atoms with Crippen LogP contribution in [-0.4, -0.2) is 24.3 Å². The zero-order chi connectivity index (χ0) is 14.5. The van der Waals surface area contributed by atoms with Crippen molar-refractivity contribution in [3.8, 4) is 0 Å². The smallest absolute Gasteiger partial charge is 0.269 e. The van der Waals surface area contributed by atoms with Crippen LogP contribution in [0.25, 0.3) is 0 Å². The predicted molar refractivity (Wildman–Crippen MR) is 74.2 cm³/mol. The average molecular weight is 280 g/mol. The van der Waals surface area contributed by atoms with Crippen molar-refractivity contribution in [2.45, 2.75) is 33.4 Å². The van der Waals surface area contributed by atoms with Gasteiger partial charge in [-0.25, -0.2) is 0 Å². The summed E-state index contributed by atoms with van der Waals surface area (Å²) in [6, 6.07) is 4.79. The Hall–Kier alpha value is -1.50. The van der Waals surface area contributed by atoms with E-state index in [9.17, 15) is 10.1 Å². The monoisotopic (exact) mass is 280 g/mol. The van der Waals surface area contributed by atoms with Crippen LogP contribution in [0, 0.1) is 16.0 Å². The summed E-state index contributed by atoms with van der Waals surface area (Å²) >= 11 is 0. The van der Waals surface area contributed by atoms with Crippen LogP contribution < -0.4 is 5.32 Å². The van der Waals surface area contributed by atoms with Gasteiger partial charge >= 0.3 is 0 Å². The molecule has 110 valence electrons. The summed E-state index contributed by atoms with van der Waals surface area (Å²) in [7, 11) is 0. The number of nitro groups is 1. The highest BCUT2D eigenvalue weighted by atomic mass is 16.7. The van der Waals surface area contributed by atoms with E-state index in [2.05, 4.69) is 19.2 Å². The molecule has 1 aliphatic rings. The first-order valence-electron chi connectivity index (χ1n) is 6.76. The topological polar surface area (TPSA) is 73.6 Å². The fraction of sp³-hybridized carbons (Fsp3) is 0.571. The summed E-state index contributed by atoms with van der Waals surface area (Å²) < 4.78 is 11.3. The van der Waals surface area contributed by atoms with Gasteiger partial charge in [-0.15, -0.1) is 0 Å². The van der Waals surface area contributed by atoms with Crippen LogP contribution in [0.15, 0.2) is 18.2 Å². The van der Waals surface area contributed by atoms with Crippen LogP contribution in [-0.2, 0) is 22.7 Å². The highest BCUT2D eigenvalue weighted by Crippen LogP contribution is 2.23. The van der Waals surface area contributed by atoms with Gasteiger partial charge in [-0.1, -0.05) is 13.8 Å². The number of rotatable bonds is 5. The summed E-state index contributed by atoms with van der Waals surface area (Å²) in [6.45, 7) is 6.55. The van der Waals surface area contributed by atoms with Crippen LogP contribution in [0.3, 0.4) is 0 Å². The average Bonchev–Trinajstić information content (AvgIpc) is 2.60. The van der Waals surface area contributed by atoms with Gasteiger partial charge in [-0.2, -0.15) is 0 Å². The Balaban J connectivity index is 1.94. The lowest BCUT2D eigenvalue weighted by Crippen LogP contribution is -2.32. The van der Waals surface area contributed by atoms with E-state index in [-0.39, 0.29) is 12.0 Å². The van der Waals surface area contributed by atoms with Crippen molar-refractivity contribution in [3.63, 3.8) is 0 Å². The highest BCUT2D eigenvalue weighted by Gasteiger charge is 2.19. The van der Waals surface area contributed by atoms with E-state index < -0.39 is 4.92 Å². The molecule has 0 saturated carbocycles. The fourth-order valence-electron chi connectivity index (χ4n) is 2.02. The van der Waals surface area contributed by atoms with Crippen molar-refractivity contribution in [2.75, 3.05) is 13.1 Å². The highest BCUT2D eigenvalue weighted by molar-refractivity contribution is 5.39. The summed E-state index contributed by atoms with van der Waals surface area (Å²) in [6.07, 6.45) is -0.319. The third-order valence-electron chi connectivity index (χ3n) is 3.11. The van der Waals surface area contributed by atoms with Crippen LogP contribution in [0.4, 0.5) is 5.69 Å². The fourth-order valence-corrected chi connectivity index (χ4v) is 2.02. The second kappa shape index (κ2) is 6.78. The maximum absolute atomic E-state index is 10.8. The molecule has 0 bridgehead atoms. The zero-order valence-corrected chi connectivity index (χ0v) is 11.8. The standard InChI is InChI=1S/C14H20N2O4/c1-10(2)6-15-7-14-19-8-11-3-4-13(16(17)18)5-12(11)9-20-14/h3-5,10,14-15H,6-9H2,1-2H3/t14-/m1/s1. The molecule has 0 radical (unpaired) electrons. The molecule has 0 unspecified atom stereocenters. The van der Waals surface area contributed by atoms with Gasteiger partial charge in [-0.3, -0.25) is 10.1 Å². The second-order valence-corrected chi connectivity index (χ2v) is 5.31. The van der Waals surface area contributed by atoms with Gasteiger partial charge in [-0.05, 0) is 29.7 Å². The molecule has 1 N–H and O–H groups in total. The van der Waals surface area contributed by atoms with E-state index in [1.54, 1.807) is 12.1 Å². The van der Waals surface area contributed by atoms with E-state index in [0.29, 0.717) is 25.7 Å². The minimum absolute atomic E-state index is 0.0868. The Bertz CT molecular complexity index is 476. The van der Waals surface area contributed by atoms with E-state index >= 15 is 0 Å². The number of benzene rings is 1. The maximum Gasteiger partial charge on any atom is 0.269 e. The van der Waals surface area contributed by atoms with Crippen LogP contribution in [0.2, 0.25) is 0 Å². The van der Waals surface area contributed by atoms with Crippen LogP contribution in [0.5, 0.6) is 0 Å². The lowest BCUT2D eigenvalue weighted by atomic mass is 10.1. The third kappa shape index (κ3) is 4.00. The number of non-ortho nitro benzene ring substituents is 1. The van der Waals surface area contributed by atoms with Crippen molar-refractivity contribution >= 4 is 5.69 Å². The first-order chi connectivity index (χ1) is 9.56. The summed E-state index contributed by atoms with van der Waals surface area (Å²) in [5.41, 5.74) is 1.86. The Morgan fingerprint density at radius 2 is 2.05 bits per heavy atom. The Labute approximate surface area is 118 Å². The molecule has 2 rings (SSSR count). The molecular formula is C14H20N2O4. The summed E-state index contributed by atoms with van der Waals surface area (Å²) in [5.74, 6) is 0.570. The second-order valence-electron chi connectivity index (χ2n) is 5.31. The molecule has 0 aromatic heterocycles. The summed E-state index contributed by atoms with van der Waals surface area (Å²) in [4.78, 5) is 10.4. The van der Waals surface area contributed by atoms with Crippen LogP contribution in [0.1, 0.15) is 25.0 Å². The molecule has 1 aromatic carbocycles. The summed E-state index contributed by atoms with van der Waals surface area (Å²) in [5, 5.41) is 14.0. The molecule has 0 spiro atoms. The normalized spacial score (nSPS) is 18.6. The number of fused-ring (bicyclic) bond motifs is 1. The number of nitrogens with zero attached hydrogens (tertiary/aromatic N) is 1. The van der Waals surface area contributed by atoms with Gasteiger partial charge < -0.3 is 14.8 Å². The van der Waals surface area contributed by atoms with Crippen LogP contribution >= 0.6 is 0 Å². The van der Waals surface area contributed by atoms with Gasteiger partial charge in [0.1, 0.15) is 0 Å². The minimum atomic E-state index is -0.395. The molecule has 1 aliphatic heterocycles. The molecule has 0 aliphatic carbocycles. The number of hydrogen-bond acceptors (Lipinski definition) is 5. The quantitative estimate of drug-likeness (QED) is 0.661. The Morgan fingerprint density at radius 1 is 1.35 bits per heavy atom. The Morgan fingerprint density at radius 3 is 2.70 bits per heavy atom. The van der Waals surface area contributed by atoms with Crippen molar-refractivity contribution in [1.29, 1.82) is 0 Å². The van der Waals surface area contributed by atoms with Crippen molar-refractivity contribution < 1.29 is 14.4 Å². The minimum Gasteiger partial charge on any atom is -0.347 e. The maximum atomic E-state index is 10.8. The van der Waals surface area contributed by atoms with Crippen molar-refractivity contribution in [3.05, 3.63) is 39.4 Å². The van der Waals surface area contributed by atoms with E-state index in [1.807, 2.05) is 0 Å². The zero-order valence-electron chi connectivity index (χ0n) is 11.8. The molecule has 6 heteroatoms. The number of nitro benzene ring substituents is 1. The lowest BCUT2D eigenvalue weighted by molar-refractivity contribution is -0.385. The number of ether oxygens (including phenoxy) is 2. The molecule has 0 saturated heterocycles. The van der Waals surface area contributed by atoms with Crippen molar-refractivity contribution in [2.24, 2.45) is 5.92 Å². The largest absolute Gasteiger partial charge is 0.347 e. The molecule has 20 heavy (non-hydrogen) atoms. The molecule has 1 atom stereocenters. The van der Waals surface area contributed by atoms with Gasteiger partial charge in [0.05, 0.1) is 18.1 Å². The van der Waals surface area contributed by atoms with Gasteiger partial charge in [0.2, 0.25) is 0 Å². The van der Waals surface area contributed by atoms with Gasteiger partial charge in [0.15, 0.2) is 6.29 Å². The Kier molecular flexibility index (Phi) is 5.05. The van der Waals surface area contributed by atoms with Gasteiger partial charge in [0, 0.05) is 18.7 Å². The molecular weight excluding hydrogens is 260 g/mol. The molecule has 0 fully saturated rings. The third-order valence-corrected chi connectivity index (χ3v) is 3.11. The molecule has 1 heterocycles.